The van der Waals surface area contributed by atoms with Gasteiger partial charge in [0, 0.05) is 10.8 Å². The van der Waals surface area contributed by atoms with Crippen molar-refractivity contribution < 1.29 is 13.2 Å². The molecule has 3 aromatic rings. The van der Waals surface area contributed by atoms with Crippen molar-refractivity contribution in [1.82, 2.24) is 0 Å². The van der Waals surface area contributed by atoms with Gasteiger partial charge in [-0.3, -0.25) is 0 Å². The Morgan fingerprint density at radius 3 is 2.35 bits per heavy atom. The standard InChI is InChI=1S/C14H6F3/c15-11-7-12(16)14(17)13-9-4-2-1-3-8(9)5-6-10(11)13/h1-6H. The molecule has 0 heterocycles. The van der Waals surface area contributed by atoms with E-state index in [1.807, 2.05) is 0 Å². The maximum absolute atomic E-state index is 13.7. The monoisotopic (exact) mass is 231 g/mol. The summed E-state index contributed by atoms with van der Waals surface area (Å²) in [6.45, 7) is 0. The van der Waals surface area contributed by atoms with Gasteiger partial charge in [-0.1, -0.05) is 36.4 Å². The fourth-order valence-corrected chi connectivity index (χ4v) is 2.02. The molecule has 0 aliphatic rings. The summed E-state index contributed by atoms with van der Waals surface area (Å²) in [5.41, 5.74) is 0. The fraction of sp³-hybridized carbons (Fsp3) is 0. The second-order valence-corrected chi connectivity index (χ2v) is 3.78. The van der Waals surface area contributed by atoms with Gasteiger partial charge in [0.2, 0.25) is 0 Å². The van der Waals surface area contributed by atoms with Gasteiger partial charge in [0.05, 0.1) is 6.07 Å². The third kappa shape index (κ3) is 1.39. The fourth-order valence-electron chi connectivity index (χ4n) is 2.02. The van der Waals surface area contributed by atoms with Crippen LogP contribution in [0, 0.1) is 23.5 Å². The Morgan fingerprint density at radius 2 is 1.53 bits per heavy atom. The van der Waals surface area contributed by atoms with Gasteiger partial charge in [0.15, 0.2) is 11.6 Å². The lowest BCUT2D eigenvalue weighted by Crippen LogP contribution is -1.92. The predicted molar refractivity (Wildman–Crippen MR) is 60.2 cm³/mol. The van der Waals surface area contributed by atoms with Gasteiger partial charge in [0.25, 0.3) is 0 Å². The summed E-state index contributed by atoms with van der Waals surface area (Å²) < 4.78 is 40.4. The van der Waals surface area contributed by atoms with Crippen molar-refractivity contribution in [3.63, 3.8) is 0 Å². The summed E-state index contributed by atoms with van der Waals surface area (Å²) in [5.74, 6) is -3.21. The highest BCUT2D eigenvalue weighted by Crippen LogP contribution is 2.30. The van der Waals surface area contributed by atoms with Gasteiger partial charge in [-0.05, 0) is 10.8 Å². The van der Waals surface area contributed by atoms with Crippen molar-refractivity contribution in [2.75, 3.05) is 0 Å². The molecule has 0 fully saturated rings. The topological polar surface area (TPSA) is 0 Å². The Labute approximate surface area is 95.3 Å². The van der Waals surface area contributed by atoms with E-state index >= 15 is 0 Å². The van der Waals surface area contributed by atoms with Gasteiger partial charge in [-0.2, -0.15) is 0 Å². The van der Waals surface area contributed by atoms with E-state index in [-0.39, 0.29) is 10.8 Å². The first-order valence-corrected chi connectivity index (χ1v) is 5.05. The van der Waals surface area contributed by atoms with Crippen molar-refractivity contribution >= 4 is 21.5 Å². The van der Waals surface area contributed by atoms with Gasteiger partial charge >= 0.3 is 0 Å². The molecule has 0 nitrogen and oxygen atoms in total. The second kappa shape index (κ2) is 3.48. The van der Waals surface area contributed by atoms with Crippen LogP contribution in [0.15, 0.2) is 36.4 Å². The molecule has 0 bridgehead atoms. The molecule has 0 saturated heterocycles. The smallest absolute Gasteiger partial charge is 0.170 e. The van der Waals surface area contributed by atoms with E-state index in [2.05, 4.69) is 0 Å². The number of hydrogen-bond acceptors (Lipinski definition) is 0. The summed E-state index contributed by atoms with van der Waals surface area (Å²) in [6, 6.07) is 11.7. The molecular weight excluding hydrogens is 225 g/mol. The van der Waals surface area contributed by atoms with E-state index in [1.54, 1.807) is 36.4 Å². The third-order valence-electron chi connectivity index (χ3n) is 2.80. The van der Waals surface area contributed by atoms with E-state index in [0.717, 1.165) is 5.39 Å². The molecule has 0 saturated carbocycles. The van der Waals surface area contributed by atoms with Crippen molar-refractivity contribution in [3.05, 3.63) is 59.9 Å². The summed E-state index contributed by atoms with van der Waals surface area (Å²) in [7, 11) is 0. The van der Waals surface area contributed by atoms with Crippen LogP contribution in [0.2, 0.25) is 0 Å². The van der Waals surface area contributed by atoms with Crippen LogP contribution in [-0.4, -0.2) is 0 Å². The third-order valence-corrected chi connectivity index (χ3v) is 2.80. The highest BCUT2D eigenvalue weighted by Gasteiger charge is 2.14. The molecular formula is C14H6F3. The number of fused-ring (bicyclic) bond motifs is 3. The minimum atomic E-state index is -1.29. The lowest BCUT2D eigenvalue weighted by Gasteiger charge is -2.06. The van der Waals surface area contributed by atoms with Crippen LogP contribution in [0.4, 0.5) is 13.2 Å². The molecule has 1 radical (unpaired) electrons. The molecule has 3 heteroatoms. The molecule has 17 heavy (non-hydrogen) atoms. The summed E-state index contributed by atoms with van der Waals surface area (Å²) >= 11 is 0. The number of benzene rings is 3. The highest BCUT2D eigenvalue weighted by atomic mass is 19.2. The average Bonchev–Trinajstić information content (AvgIpc) is 2.35. The van der Waals surface area contributed by atoms with Gasteiger partial charge < -0.3 is 0 Å². The molecule has 0 aliphatic heterocycles. The SMILES string of the molecule is Fc1[c]c(F)c2ccc3ccccc3c2c1F. The first kappa shape index (κ1) is 10.1. The maximum Gasteiger partial charge on any atom is 0.170 e. The quantitative estimate of drug-likeness (QED) is 0.401. The van der Waals surface area contributed by atoms with Crippen molar-refractivity contribution in [2.24, 2.45) is 0 Å². The zero-order valence-corrected chi connectivity index (χ0v) is 8.60. The summed E-state index contributed by atoms with van der Waals surface area (Å²) in [6.07, 6.45) is 0. The lowest BCUT2D eigenvalue weighted by molar-refractivity contribution is 0.504. The van der Waals surface area contributed by atoms with Crippen LogP contribution in [0.1, 0.15) is 0 Å². The highest BCUT2D eigenvalue weighted by molar-refractivity contribution is 6.07. The molecule has 0 N–H and O–H groups in total. The Bertz CT molecular complexity index is 732. The first-order valence-electron chi connectivity index (χ1n) is 5.05. The molecule has 3 rings (SSSR count). The minimum absolute atomic E-state index is 0.0307. The molecule has 0 aliphatic carbocycles. The van der Waals surface area contributed by atoms with E-state index < -0.39 is 17.5 Å². The summed E-state index contributed by atoms with van der Waals surface area (Å²) in [4.78, 5) is 0. The molecule has 0 atom stereocenters. The van der Waals surface area contributed by atoms with E-state index in [4.69, 9.17) is 0 Å². The second-order valence-electron chi connectivity index (χ2n) is 3.78. The van der Waals surface area contributed by atoms with E-state index in [1.165, 1.54) is 6.07 Å². The maximum atomic E-state index is 13.7. The predicted octanol–water partition coefficient (Wildman–Crippen LogP) is 4.21. The van der Waals surface area contributed by atoms with Crippen molar-refractivity contribution in [1.29, 1.82) is 0 Å². The van der Waals surface area contributed by atoms with Gasteiger partial charge in [-0.15, -0.1) is 0 Å². The van der Waals surface area contributed by atoms with Crippen LogP contribution in [0.3, 0.4) is 0 Å². The number of halogens is 3. The van der Waals surface area contributed by atoms with E-state index in [0.29, 0.717) is 5.39 Å². The first-order chi connectivity index (χ1) is 8.18. The average molecular weight is 231 g/mol. The number of hydrogen-bond donors (Lipinski definition) is 0. The van der Waals surface area contributed by atoms with Crippen LogP contribution in [0.5, 0.6) is 0 Å². The van der Waals surface area contributed by atoms with E-state index in [9.17, 15) is 13.2 Å². The Kier molecular flexibility index (Phi) is 2.08. The van der Waals surface area contributed by atoms with Crippen molar-refractivity contribution in [2.45, 2.75) is 0 Å². The Balaban J connectivity index is 2.65. The molecule has 0 spiro atoms. The largest absolute Gasteiger partial charge is 0.206 e. The molecule has 0 amide bonds. The molecule has 0 unspecified atom stereocenters. The number of rotatable bonds is 0. The zero-order valence-electron chi connectivity index (χ0n) is 8.60. The van der Waals surface area contributed by atoms with Crippen LogP contribution in [0.25, 0.3) is 21.5 Å². The lowest BCUT2D eigenvalue weighted by atomic mass is 10.0. The normalized spacial score (nSPS) is 11.2. The van der Waals surface area contributed by atoms with Crippen LogP contribution in [-0.2, 0) is 0 Å². The van der Waals surface area contributed by atoms with Gasteiger partial charge in [0.1, 0.15) is 5.82 Å². The van der Waals surface area contributed by atoms with Crippen LogP contribution < -0.4 is 0 Å². The minimum Gasteiger partial charge on any atom is -0.206 e. The Hall–Kier alpha value is -2.03. The molecule has 3 aromatic carbocycles. The van der Waals surface area contributed by atoms with Gasteiger partial charge in [-0.25, -0.2) is 13.2 Å². The van der Waals surface area contributed by atoms with Crippen molar-refractivity contribution in [3.8, 4) is 0 Å². The Morgan fingerprint density at radius 1 is 0.765 bits per heavy atom. The van der Waals surface area contributed by atoms with Crippen LogP contribution >= 0.6 is 0 Å². The molecule has 0 aromatic heterocycles. The molecule has 83 valence electrons. The zero-order chi connectivity index (χ0) is 12.0. The summed E-state index contributed by atoms with van der Waals surface area (Å²) in [5, 5.41) is 1.25.